The van der Waals surface area contributed by atoms with Crippen LogP contribution < -0.4 is 10.6 Å². The molecule has 0 nitrogen and oxygen atoms in total. The molecule has 2 saturated carbocycles. The molecule has 4 rings (SSSR count). The van der Waals surface area contributed by atoms with E-state index in [0.29, 0.717) is 5.41 Å². The van der Waals surface area contributed by atoms with E-state index in [0.717, 1.165) is 22.7 Å². The number of rotatable bonds is 4. The highest BCUT2D eigenvalue weighted by molar-refractivity contribution is 7.73. The van der Waals surface area contributed by atoms with Crippen molar-refractivity contribution in [2.75, 3.05) is 6.16 Å². The summed E-state index contributed by atoms with van der Waals surface area (Å²) in [6, 6.07) is 13.9. The summed E-state index contributed by atoms with van der Waals surface area (Å²) < 4.78 is 27.5. The molecular formula is C20H21F2P. The van der Waals surface area contributed by atoms with Gasteiger partial charge in [0.25, 0.3) is 0 Å². The molecule has 0 heterocycles. The molecule has 0 atom stereocenters. The van der Waals surface area contributed by atoms with Crippen molar-refractivity contribution in [2.45, 2.75) is 32.1 Å². The maximum absolute atomic E-state index is 13.8. The van der Waals surface area contributed by atoms with Crippen LogP contribution in [0.25, 0.3) is 0 Å². The fraction of sp³-hybridized carbons (Fsp3) is 0.400. The Kier molecular flexibility index (Phi) is 3.97. The smallest absolute Gasteiger partial charge is 0.123 e. The molecule has 120 valence electrons. The number of benzene rings is 2. The maximum Gasteiger partial charge on any atom is 0.123 e. The van der Waals surface area contributed by atoms with Crippen molar-refractivity contribution in [1.29, 1.82) is 0 Å². The van der Waals surface area contributed by atoms with Gasteiger partial charge in [0, 0.05) is 0 Å². The lowest BCUT2D eigenvalue weighted by molar-refractivity contribution is 0.339. The monoisotopic (exact) mass is 330 g/mol. The molecule has 0 radical (unpaired) electrons. The number of hydrogen-bond acceptors (Lipinski definition) is 0. The van der Waals surface area contributed by atoms with Gasteiger partial charge in [0.2, 0.25) is 0 Å². The predicted octanol–water partition coefficient (Wildman–Crippen LogP) is 4.98. The number of halogens is 2. The molecule has 2 bridgehead atoms. The fourth-order valence-electron chi connectivity index (χ4n) is 4.49. The highest BCUT2D eigenvalue weighted by Crippen LogP contribution is 2.58. The molecule has 0 aliphatic heterocycles. The molecule has 2 aromatic carbocycles. The molecule has 0 N–H and O–H groups in total. The summed E-state index contributed by atoms with van der Waals surface area (Å²) in [6.07, 6.45) is 7.66. The Morgan fingerprint density at radius 3 is 1.91 bits per heavy atom. The average Bonchev–Trinajstić information content (AvgIpc) is 3.13. The van der Waals surface area contributed by atoms with Crippen molar-refractivity contribution in [3.05, 3.63) is 60.2 Å². The Morgan fingerprint density at radius 1 is 0.913 bits per heavy atom. The van der Waals surface area contributed by atoms with Crippen LogP contribution in [0.5, 0.6) is 0 Å². The highest BCUT2D eigenvalue weighted by Gasteiger charge is 2.46. The largest absolute Gasteiger partial charge is 0.207 e. The average molecular weight is 330 g/mol. The first-order valence-corrected chi connectivity index (χ1v) is 9.95. The molecule has 2 aliphatic carbocycles. The lowest BCUT2D eigenvalue weighted by Gasteiger charge is -2.32. The van der Waals surface area contributed by atoms with E-state index in [1.165, 1.54) is 44.2 Å². The van der Waals surface area contributed by atoms with Crippen LogP contribution in [0.3, 0.4) is 0 Å². The van der Waals surface area contributed by atoms with Gasteiger partial charge in [-0.05, 0) is 92.4 Å². The first-order chi connectivity index (χ1) is 11.1. The van der Waals surface area contributed by atoms with Gasteiger partial charge in [0.15, 0.2) is 0 Å². The predicted molar refractivity (Wildman–Crippen MR) is 92.9 cm³/mol. The quantitative estimate of drug-likeness (QED) is 0.694. The summed E-state index contributed by atoms with van der Waals surface area (Å²) in [5.41, 5.74) is 0.412. The second kappa shape index (κ2) is 5.98. The van der Waals surface area contributed by atoms with Gasteiger partial charge in [-0.1, -0.05) is 24.3 Å². The van der Waals surface area contributed by atoms with E-state index in [-0.39, 0.29) is 11.6 Å². The highest BCUT2D eigenvalue weighted by atomic mass is 31.1. The van der Waals surface area contributed by atoms with Crippen LogP contribution in [0, 0.1) is 23.0 Å². The van der Waals surface area contributed by atoms with Crippen molar-refractivity contribution >= 4 is 18.5 Å². The fourth-order valence-corrected chi connectivity index (χ4v) is 7.36. The Balaban J connectivity index is 1.71. The summed E-state index contributed by atoms with van der Waals surface area (Å²) in [4.78, 5) is 0. The second-order valence-electron chi connectivity index (χ2n) is 7.19. The standard InChI is InChI=1S/C20H21F2P/c21-16-3-1-5-18(11-16)23(19-6-2-4-17(22)12-19)14-20-9-7-15(13-20)8-10-20/h1-6,11-12,15H,7-10,13-14H2. The molecule has 2 aromatic rings. The minimum absolute atomic E-state index is 0.195. The van der Waals surface area contributed by atoms with E-state index in [4.69, 9.17) is 0 Å². The van der Waals surface area contributed by atoms with Gasteiger partial charge < -0.3 is 0 Å². The van der Waals surface area contributed by atoms with Crippen molar-refractivity contribution in [3.63, 3.8) is 0 Å². The SMILES string of the molecule is Fc1cccc(P(CC23CCC(CC2)C3)c2cccc(F)c2)c1. The molecule has 0 spiro atoms. The van der Waals surface area contributed by atoms with Gasteiger partial charge in [0.05, 0.1) is 0 Å². The first kappa shape index (κ1) is 15.3. The molecule has 0 unspecified atom stereocenters. The first-order valence-electron chi connectivity index (χ1n) is 8.42. The molecule has 0 aromatic heterocycles. The minimum Gasteiger partial charge on any atom is -0.207 e. The normalized spacial score (nSPS) is 26.1. The summed E-state index contributed by atoms with van der Waals surface area (Å²) in [5, 5.41) is 2.07. The van der Waals surface area contributed by atoms with Crippen molar-refractivity contribution < 1.29 is 8.78 Å². The van der Waals surface area contributed by atoms with Crippen LogP contribution in [-0.2, 0) is 0 Å². The van der Waals surface area contributed by atoms with Gasteiger partial charge in [-0.25, -0.2) is 8.78 Å². The lowest BCUT2D eigenvalue weighted by atomic mass is 9.86. The zero-order valence-corrected chi connectivity index (χ0v) is 14.0. The van der Waals surface area contributed by atoms with Crippen molar-refractivity contribution in [3.8, 4) is 0 Å². The van der Waals surface area contributed by atoms with Crippen LogP contribution in [0.4, 0.5) is 8.78 Å². The molecule has 23 heavy (non-hydrogen) atoms. The zero-order valence-electron chi connectivity index (χ0n) is 13.1. The van der Waals surface area contributed by atoms with E-state index in [9.17, 15) is 8.78 Å². The van der Waals surface area contributed by atoms with E-state index in [2.05, 4.69) is 0 Å². The van der Waals surface area contributed by atoms with Crippen molar-refractivity contribution in [1.82, 2.24) is 0 Å². The molecule has 0 amide bonds. The summed E-state index contributed by atoms with van der Waals surface area (Å²) in [6.45, 7) is 0. The third kappa shape index (κ3) is 3.06. The van der Waals surface area contributed by atoms with Crippen molar-refractivity contribution in [2.24, 2.45) is 11.3 Å². The third-order valence-corrected chi connectivity index (χ3v) is 8.41. The van der Waals surface area contributed by atoms with Crippen LogP contribution in [0.2, 0.25) is 0 Å². The Labute approximate surface area is 137 Å². The Morgan fingerprint density at radius 2 is 1.48 bits per heavy atom. The van der Waals surface area contributed by atoms with E-state index >= 15 is 0 Å². The van der Waals surface area contributed by atoms with Crippen LogP contribution in [0.1, 0.15) is 32.1 Å². The van der Waals surface area contributed by atoms with E-state index in [1.807, 2.05) is 12.1 Å². The molecule has 3 heteroatoms. The molecule has 2 aliphatic rings. The molecule has 0 saturated heterocycles. The molecule has 2 fully saturated rings. The van der Waals surface area contributed by atoms with Gasteiger partial charge >= 0.3 is 0 Å². The Hall–Kier alpha value is -1.27. The summed E-state index contributed by atoms with van der Waals surface area (Å²) >= 11 is 0. The summed E-state index contributed by atoms with van der Waals surface area (Å²) in [5.74, 6) is 0.506. The lowest BCUT2D eigenvalue weighted by Crippen LogP contribution is -2.25. The van der Waals surface area contributed by atoms with E-state index < -0.39 is 7.92 Å². The minimum atomic E-state index is -0.702. The topological polar surface area (TPSA) is 0 Å². The van der Waals surface area contributed by atoms with Gasteiger partial charge in [-0.3, -0.25) is 0 Å². The molecular weight excluding hydrogens is 309 g/mol. The van der Waals surface area contributed by atoms with Crippen LogP contribution in [-0.4, -0.2) is 6.16 Å². The number of hydrogen-bond donors (Lipinski definition) is 0. The van der Waals surface area contributed by atoms with Gasteiger partial charge in [0.1, 0.15) is 11.6 Å². The van der Waals surface area contributed by atoms with Crippen LogP contribution >= 0.6 is 7.92 Å². The zero-order chi connectivity index (χ0) is 15.9. The maximum atomic E-state index is 13.8. The van der Waals surface area contributed by atoms with E-state index in [1.54, 1.807) is 24.3 Å². The van der Waals surface area contributed by atoms with Crippen LogP contribution in [0.15, 0.2) is 48.5 Å². The Bertz CT molecular complexity index is 659. The van der Waals surface area contributed by atoms with Gasteiger partial charge in [-0.15, -0.1) is 0 Å². The third-order valence-electron chi connectivity index (χ3n) is 5.62. The second-order valence-corrected chi connectivity index (χ2v) is 9.40. The summed E-state index contributed by atoms with van der Waals surface area (Å²) in [7, 11) is -0.702. The van der Waals surface area contributed by atoms with Gasteiger partial charge in [-0.2, -0.15) is 0 Å². The number of fused-ring (bicyclic) bond motifs is 2.